The summed E-state index contributed by atoms with van der Waals surface area (Å²) < 4.78 is 46.0. The van der Waals surface area contributed by atoms with Gasteiger partial charge in [0.05, 0.1) is 6.04 Å². The second-order valence-corrected chi connectivity index (χ2v) is 5.48. The summed E-state index contributed by atoms with van der Waals surface area (Å²) in [6, 6.07) is 3.19. The number of halogens is 3. The van der Waals surface area contributed by atoms with Crippen LogP contribution in [0.5, 0.6) is 0 Å². The first-order chi connectivity index (χ1) is 10.5. The fraction of sp³-hybridized carbons (Fsp3) is 0.400. The number of rotatable bonds is 3. The molecule has 0 amide bonds. The lowest BCUT2D eigenvalue weighted by Gasteiger charge is -2.29. The van der Waals surface area contributed by atoms with Crippen LogP contribution in [0, 0.1) is 17.5 Å². The Morgan fingerprint density at radius 1 is 1.27 bits per heavy atom. The van der Waals surface area contributed by atoms with Crippen molar-refractivity contribution in [1.82, 2.24) is 10.1 Å². The van der Waals surface area contributed by atoms with E-state index in [9.17, 15) is 18.0 Å². The summed E-state index contributed by atoms with van der Waals surface area (Å²) in [5.41, 5.74) is 0.172. The van der Waals surface area contributed by atoms with Gasteiger partial charge in [0.15, 0.2) is 17.5 Å². The summed E-state index contributed by atoms with van der Waals surface area (Å²) in [6.45, 7) is 0.661. The third-order valence-corrected chi connectivity index (χ3v) is 3.93. The van der Waals surface area contributed by atoms with Gasteiger partial charge >= 0.3 is 0 Å². The number of aromatic nitrogens is 1. The highest BCUT2D eigenvalue weighted by Crippen LogP contribution is 2.23. The quantitative estimate of drug-likeness (QED) is 0.885. The van der Waals surface area contributed by atoms with Gasteiger partial charge in [0, 0.05) is 12.1 Å². The zero-order valence-electron chi connectivity index (χ0n) is 11.7. The van der Waals surface area contributed by atoms with E-state index in [1.807, 2.05) is 0 Å². The molecule has 0 aliphatic carbocycles. The number of hydrogen-bond acceptors (Lipinski definition) is 3. The Kier molecular flexibility index (Phi) is 4.06. The van der Waals surface area contributed by atoms with Gasteiger partial charge in [-0.3, -0.25) is 4.79 Å². The summed E-state index contributed by atoms with van der Waals surface area (Å²) in [7, 11) is 0. The number of piperidine rings is 1. The Bertz CT molecular complexity index is 703. The van der Waals surface area contributed by atoms with E-state index in [4.69, 9.17) is 4.52 Å². The van der Waals surface area contributed by atoms with E-state index in [1.165, 1.54) is 17.1 Å². The zero-order chi connectivity index (χ0) is 15.7. The van der Waals surface area contributed by atoms with E-state index in [1.54, 1.807) is 0 Å². The minimum atomic E-state index is -1.46. The van der Waals surface area contributed by atoms with Crippen molar-refractivity contribution in [2.45, 2.75) is 31.3 Å². The van der Waals surface area contributed by atoms with E-state index >= 15 is 0 Å². The van der Waals surface area contributed by atoms with Crippen molar-refractivity contribution in [1.29, 1.82) is 0 Å². The van der Waals surface area contributed by atoms with Gasteiger partial charge in [-0.25, -0.2) is 13.2 Å². The molecule has 118 valence electrons. The molecule has 1 aliphatic heterocycles. The summed E-state index contributed by atoms with van der Waals surface area (Å²) in [5, 5.41) is 3.24. The molecule has 7 heteroatoms. The van der Waals surface area contributed by atoms with Crippen molar-refractivity contribution >= 4 is 0 Å². The molecule has 1 fully saturated rings. The van der Waals surface area contributed by atoms with Crippen LogP contribution in [0.15, 0.2) is 33.8 Å². The van der Waals surface area contributed by atoms with Gasteiger partial charge < -0.3 is 9.84 Å². The molecule has 1 aromatic carbocycles. The first kappa shape index (κ1) is 14.9. The molecule has 1 aromatic heterocycles. The van der Waals surface area contributed by atoms with Crippen LogP contribution in [-0.4, -0.2) is 17.3 Å². The normalized spacial score (nSPS) is 22.0. The van der Waals surface area contributed by atoms with Crippen LogP contribution in [0.1, 0.15) is 24.4 Å². The van der Waals surface area contributed by atoms with Crippen LogP contribution in [0.4, 0.5) is 13.2 Å². The Labute approximate surface area is 124 Å². The van der Waals surface area contributed by atoms with E-state index in [0.29, 0.717) is 24.9 Å². The van der Waals surface area contributed by atoms with Gasteiger partial charge in [-0.05, 0) is 43.5 Å². The molecule has 0 bridgehead atoms. The maximum Gasteiger partial charge on any atom is 0.282 e. The topological polar surface area (TPSA) is 47.2 Å². The summed E-state index contributed by atoms with van der Waals surface area (Å²) in [4.78, 5) is 11.6. The van der Waals surface area contributed by atoms with Gasteiger partial charge in [-0.1, -0.05) is 0 Å². The molecule has 0 saturated carbocycles. The van der Waals surface area contributed by atoms with Crippen LogP contribution < -0.4 is 10.9 Å². The molecular weight excluding hydrogens is 297 g/mol. The van der Waals surface area contributed by atoms with Crippen molar-refractivity contribution in [2.75, 3.05) is 6.54 Å². The maximum atomic E-state index is 13.3. The SMILES string of the molecule is O=c1ccon1[C@H]1CCN[C@H](Cc2cc(F)c(F)c(F)c2)C1. The molecule has 0 radical (unpaired) electrons. The van der Waals surface area contributed by atoms with Crippen molar-refractivity contribution in [3.8, 4) is 0 Å². The molecule has 0 unspecified atom stereocenters. The smallest absolute Gasteiger partial charge is 0.282 e. The lowest BCUT2D eigenvalue weighted by atomic mass is 9.94. The van der Waals surface area contributed by atoms with Crippen LogP contribution in [0.2, 0.25) is 0 Å². The van der Waals surface area contributed by atoms with Crippen molar-refractivity contribution < 1.29 is 17.7 Å². The van der Waals surface area contributed by atoms with Gasteiger partial charge in [0.1, 0.15) is 6.26 Å². The maximum absolute atomic E-state index is 13.3. The lowest BCUT2D eigenvalue weighted by Crippen LogP contribution is -2.41. The zero-order valence-corrected chi connectivity index (χ0v) is 11.7. The molecule has 22 heavy (non-hydrogen) atoms. The molecule has 1 aliphatic rings. The third-order valence-electron chi connectivity index (χ3n) is 3.93. The predicted molar refractivity (Wildman–Crippen MR) is 73.0 cm³/mol. The molecule has 2 atom stereocenters. The Balaban J connectivity index is 1.73. The van der Waals surface area contributed by atoms with Gasteiger partial charge in [-0.15, -0.1) is 0 Å². The number of nitrogens with one attached hydrogen (secondary N) is 1. The van der Waals surface area contributed by atoms with Crippen molar-refractivity contribution in [3.63, 3.8) is 0 Å². The average Bonchev–Trinajstić information content (AvgIpc) is 2.91. The monoisotopic (exact) mass is 312 g/mol. The molecule has 1 saturated heterocycles. The second-order valence-electron chi connectivity index (χ2n) is 5.48. The largest absolute Gasteiger partial charge is 0.384 e. The molecule has 2 heterocycles. The summed E-state index contributed by atoms with van der Waals surface area (Å²) >= 11 is 0. The average molecular weight is 312 g/mol. The molecule has 2 aromatic rings. The standard InChI is InChI=1S/C15H15F3N2O2/c16-12-6-9(7-13(17)15(12)18)5-10-8-11(1-3-19-10)20-14(21)2-4-22-20/h2,4,6-7,10-11,19H,1,3,5,8H2/t10-,11+/m1/s1. The van der Waals surface area contributed by atoms with Crippen molar-refractivity contribution in [3.05, 3.63) is 57.8 Å². The van der Waals surface area contributed by atoms with Crippen molar-refractivity contribution in [2.24, 2.45) is 0 Å². The summed E-state index contributed by atoms with van der Waals surface area (Å²) in [5.74, 6) is -3.84. The van der Waals surface area contributed by atoms with Gasteiger partial charge in [0.2, 0.25) is 0 Å². The second kappa shape index (κ2) is 6.00. The van der Waals surface area contributed by atoms with Gasteiger partial charge in [0.25, 0.3) is 5.56 Å². The van der Waals surface area contributed by atoms with E-state index < -0.39 is 17.5 Å². The van der Waals surface area contributed by atoms with E-state index in [-0.39, 0.29) is 17.6 Å². The Morgan fingerprint density at radius 2 is 2.00 bits per heavy atom. The molecule has 4 nitrogen and oxygen atoms in total. The highest BCUT2D eigenvalue weighted by molar-refractivity contribution is 5.20. The Hall–Kier alpha value is -2.02. The van der Waals surface area contributed by atoms with Crippen LogP contribution >= 0.6 is 0 Å². The van der Waals surface area contributed by atoms with E-state index in [2.05, 4.69) is 5.32 Å². The first-order valence-electron chi connectivity index (χ1n) is 7.08. The molecule has 3 rings (SSSR count). The highest BCUT2D eigenvalue weighted by atomic mass is 19.2. The molecule has 0 spiro atoms. The van der Waals surface area contributed by atoms with Gasteiger partial charge in [-0.2, -0.15) is 4.74 Å². The number of hydrogen-bond donors (Lipinski definition) is 1. The van der Waals surface area contributed by atoms with E-state index in [0.717, 1.165) is 18.6 Å². The minimum absolute atomic E-state index is 0.0694. The lowest BCUT2D eigenvalue weighted by molar-refractivity contribution is 0.161. The van der Waals surface area contributed by atoms with Crippen LogP contribution in [0.25, 0.3) is 0 Å². The fourth-order valence-electron chi connectivity index (χ4n) is 2.91. The minimum Gasteiger partial charge on any atom is -0.384 e. The first-order valence-corrected chi connectivity index (χ1v) is 7.08. The van der Waals surface area contributed by atoms with Crippen LogP contribution in [0.3, 0.4) is 0 Å². The van der Waals surface area contributed by atoms with Crippen LogP contribution in [-0.2, 0) is 6.42 Å². The number of benzene rings is 1. The molecule has 1 N–H and O–H groups in total. The fourth-order valence-corrected chi connectivity index (χ4v) is 2.91. The predicted octanol–water partition coefficient (Wildman–Crippen LogP) is 2.39. The highest BCUT2D eigenvalue weighted by Gasteiger charge is 2.25. The third kappa shape index (κ3) is 2.94. The summed E-state index contributed by atoms with van der Waals surface area (Å²) in [6.07, 6.45) is 3.01. The Morgan fingerprint density at radius 3 is 2.64 bits per heavy atom. The molecular formula is C15H15F3N2O2. The number of nitrogens with zero attached hydrogens (tertiary/aromatic N) is 1.